The molecule has 0 heterocycles. The normalized spacial score (nSPS) is 13.8. The number of ether oxygens (including phenoxy) is 3. The van der Waals surface area contributed by atoms with Crippen molar-refractivity contribution < 1.29 is 19.0 Å². The van der Waals surface area contributed by atoms with E-state index < -0.39 is 0 Å². The van der Waals surface area contributed by atoms with Gasteiger partial charge in [-0.2, -0.15) is 0 Å². The second-order valence-electron chi connectivity index (χ2n) is 6.90. The molecule has 1 aliphatic rings. The SMILES string of the molecule is COc1ccc(NC(=O)N(Cc2ccc(OC)cc2OC)C2CCCC2)cc1. The Morgan fingerprint density at radius 3 is 2.21 bits per heavy atom. The van der Waals surface area contributed by atoms with Crippen molar-refractivity contribution in [1.29, 1.82) is 0 Å². The van der Waals surface area contributed by atoms with E-state index in [1.54, 1.807) is 21.3 Å². The Hall–Kier alpha value is -2.89. The third-order valence-corrected chi connectivity index (χ3v) is 5.20. The molecule has 150 valence electrons. The van der Waals surface area contributed by atoms with Gasteiger partial charge < -0.3 is 24.4 Å². The number of anilines is 1. The van der Waals surface area contributed by atoms with E-state index >= 15 is 0 Å². The number of nitrogens with zero attached hydrogens (tertiary/aromatic N) is 1. The molecule has 0 bridgehead atoms. The standard InChI is InChI=1S/C22H28N2O4/c1-26-19-12-9-17(10-13-19)23-22(25)24(18-6-4-5-7-18)15-16-8-11-20(27-2)14-21(16)28-3/h8-14,18H,4-7,15H2,1-3H3,(H,23,25). The molecule has 0 unspecified atom stereocenters. The second-order valence-corrected chi connectivity index (χ2v) is 6.90. The van der Waals surface area contributed by atoms with Gasteiger partial charge in [0.15, 0.2) is 0 Å². The van der Waals surface area contributed by atoms with Crippen molar-refractivity contribution in [3.05, 3.63) is 48.0 Å². The lowest BCUT2D eigenvalue weighted by Crippen LogP contribution is -2.41. The molecule has 1 saturated carbocycles. The maximum Gasteiger partial charge on any atom is 0.322 e. The van der Waals surface area contributed by atoms with E-state index in [0.717, 1.165) is 54.2 Å². The summed E-state index contributed by atoms with van der Waals surface area (Å²) in [5.74, 6) is 2.21. The molecule has 2 aromatic carbocycles. The zero-order valence-electron chi connectivity index (χ0n) is 16.7. The molecule has 0 saturated heterocycles. The Labute approximate surface area is 166 Å². The van der Waals surface area contributed by atoms with E-state index in [1.165, 1.54) is 0 Å². The molecule has 1 N–H and O–H groups in total. The van der Waals surface area contributed by atoms with Crippen LogP contribution in [0.1, 0.15) is 31.2 Å². The Bertz CT molecular complexity index is 786. The molecule has 6 nitrogen and oxygen atoms in total. The van der Waals surface area contributed by atoms with Crippen LogP contribution in [0, 0.1) is 0 Å². The number of hydrogen-bond donors (Lipinski definition) is 1. The van der Waals surface area contributed by atoms with Crippen LogP contribution in [0.15, 0.2) is 42.5 Å². The average Bonchev–Trinajstić information content (AvgIpc) is 3.26. The van der Waals surface area contributed by atoms with Gasteiger partial charge in [0.05, 0.1) is 27.9 Å². The molecule has 0 atom stereocenters. The summed E-state index contributed by atoms with van der Waals surface area (Å²) in [6, 6.07) is 13.2. The van der Waals surface area contributed by atoms with Crippen molar-refractivity contribution in [2.24, 2.45) is 0 Å². The van der Waals surface area contributed by atoms with Gasteiger partial charge in [0.1, 0.15) is 17.2 Å². The number of nitrogens with one attached hydrogen (secondary N) is 1. The number of hydrogen-bond acceptors (Lipinski definition) is 4. The lowest BCUT2D eigenvalue weighted by Gasteiger charge is -2.30. The molecule has 2 aromatic rings. The average molecular weight is 384 g/mol. The minimum Gasteiger partial charge on any atom is -0.497 e. The highest BCUT2D eigenvalue weighted by Crippen LogP contribution is 2.30. The van der Waals surface area contributed by atoms with Crippen LogP contribution in [-0.4, -0.2) is 38.3 Å². The van der Waals surface area contributed by atoms with Crippen LogP contribution in [0.5, 0.6) is 17.2 Å². The van der Waals surface area contributed by atoms with E-state index in [0.29, 0.717) is 6.54 Å². The summed E-state index contributed by atoms with van der Waals surface area (Å²) in [5.41, 5.74) is 1.70. The van der Waals surface area contributed by atoms with Gasteiger partial charge in [-0.3, -0.25) is 0 Å². The zero-order valence-corrected chi connectivity index (χ0v) is 16.7. The first-order valence-corrected chi connectivity index (χ1v) is 9.57. The third kappa shape index (κ3) is 4.68. The molecule has 1 aliphatic carbocycles. The number of carbonyl (C=O) groups is 1. The van der Waals surface area contributed by atoms with E-state index in [4.69, 9.17) is 14.2 Å². The van der Waals surface area contributed by atoms with E-state index in [2.05, 4.69) is 5.32 Å². The summed E-state index contributed by atoms with van der Waals surface area (Å²) in [6.07, 6.45) is 4.34. The number of benzene rings is 2. The first-order chi connectivity index (χ1) is 13.6. The summed E-state index contributed by atoms with van der Waals surface area (Å²) >= 11 is 0. The highest BCUT2D eigenvalue weighted by molar-refractivity contribution is 5.89. The highest BCUT2D eigenvalue weighted by atomic mass is 16.5. The van der Waals surface area contributed by atoms with Gasteiger partial charge in [0.2, 0.25) is 0 Å². The van der Waals surface area contributed by atoms with Gasteiger partial charge in [-0.05, 0) is 49.2 Å². The number of carbonyl (C=O) groups excluding carboxylic acids is 1. The quantitative estimate of drug-likeness (QED) is 0.752. The Kier molecular flexibility index (Phi) is 6.63. The van der Waals surface area contributed by atoms with E-state index in [-0.39, 0.29) is 12.1 Å². The van der Waals surface area contributed by atoms with Crippen LogP contribution < -0.4 is 19.5 Å². The Balaban J connectivity index is 1.79. The second kappa shape index (κ2) is 9.35. The van der Waals surface area contributed by atoms with Crippen LogP contribution in [0.3, 0.4) is 0 Å². The molecule has 0 radical (unpaired) electrons. The van der Waals surface area contributed by atoms with E-state index in [1.807, 2.05) is 47.4 Å². The van der Waals surface area contributed by atoms with Crippen molar-refractivity contribution in [1.82, 2.24) is 4.90 Å². The third-order valence-electron chi connectivity index (χ3n) is 5.20. The topological polar surface area (TPSA) is 60.0 Å². The smallest absolute Gasteiger partial charge is 0.322 e. The van der Waals surface area contributed by atoms with Gasteiger partial charge in [-0.25, -0.2) is 4.79 Å². The fourth-order valence-corrected chi connectivity index (χ4v) is 3.62. The molecular weight excluding hydrogens is 356 g/mol. The molecule has 28 heavy (non-hydrogen) atoms. The molecule has 2 amide bonds. The fourth-order valence-electron chi connectivity index (χ4n) is 3.62. The molecule has 1 fully saturated rings. The minimum atomic E-state index is -0.102. The van der Waals surface area contributed by atoms with Crippen molar-refractivity contribution in [2.45, 2.75) is 38.3 Å². The first-order valence-electron chi connectivity index (χ1n) is 9.57. The zero-order chi connectivity index (χ0) is 19.9. The maximum atomic E-state index is 13.1. The maximum absolute atomic E-state index is 13.1. The van der Waals surface area contributed by atoms with Gasteiger partial charge in [0, 0.05) is 23.4 Å². The highest BCUT2D eigenvalue weighted by Gasteiger charge is 2.27. The lowest BCUT2D eigenvalue weighted by molar-refractivity contribution is 0.183. The number of amides is 2. The van der Waals surface area contributed by atoms with Gasteiger partial charge in [0.25, 0.3) is 0 Å². The van der Waals surface area contributed by atoms with Crippen LogP contribution in [-0.2, 0) is 6.54 Å². The largest absolute Gasteiger partial charge is 0.497 e. The monoisotopic (exact) mass is 384 g/mol. The lowest BCUT2D eigenvalue weighted by atomic mass is 10.1. The molecule has 0 aliphatic heterocycles. The molecule has 6 heteroatoms. The first kappa shape index (κ1) is 19.9. The molecule has 0 spiro atoms. The van der Waals surface area contributed by atoms with Crippen molar-refractivity contribution >= 4 is 11.7 Å². The summed E-state index contributed by atoms with van der Waals surface area (Å²) in [5, 5.41) is 3.02. The van der Waals surface area contributed by atoms with Gasteiger partial charge in [-0.15, -0.1) is 0 Å². The summed E-state index contributed by atoms with van der Waals surface area (Å²) in [7, 11) is 4.88. The Morgan fingerprint density at radius 1 is 0.964 bits per heavy atom. The van der Waals surface area contributed by atoms with Crippen molar-refractivity contribution in [3.63, 3.8) is 0 Å². The van der Waals surface area contributed by atoms with E-state index in [9.17, 15) is 4.79 Å². The van der Waals surface area contributed by atoms with Crippen molar-refractivity contribution in [2.75, 3.05) is 26.6 Å². The predicted octanol–water partition coefficient (Wildman–Crippen LogP) is 4.69. The molecule has 3 rings (SSSR count). The van der Waals surface area contributed by atoms with Gasteiger partial charge in [-0.1, -0.05) is 12.8 Å². The fraction of sp³-hybridized carbons (Fsp3) is 0.409. The number of urea groups is 1. The summed E-state index contributed by atoms with van der Waals surface area (Å²) in [4.78, 5) is 15.0. The molecule has 0 aromatic heterocycles. The Morgan fingerprint density at radius 2 is 1.61 bits per heavy atom. The summed E-state index contributed by atoms with van der Waals surface area (Å²) < 4.78 is 16.0. The number of methoxy groups -OCH3 is 3. The number of rotatable bonds is 7. The van der Waals surface area contributed by atoms with Crippen LogP contribution >= 0.6 is 0 Å². The predicted molar refractivity (Wildman–Crippen MR) is 109 cm³/mol. The van der Waals surface area contributed by atoms with Crippen molar-refractivity contribution in [3.8, 4) is 17.2 Å². The van der Waals surface area contributed by atoms with Crippen LogP contribution in [0.2, 0.25) is 0 Å². The van der Waals surface area contributed by atoms with Gasteiger partial charge >= 0.3 is 6.03 Å². The molecular formula is C22H28N2O4. The van der Waals surface area contributed by atoms with Crippen LogP contribution in [0.4, 0.5) is 10.5 Å². The summed E-state index contributed by atoms with van der Waals surface area (Å²) in [6.45, 7) is 0.486. The van der Waals surface area contributed by atoms with Crippen LogP contribution in [0.25, 0.3) is 0 Å². The minimum absolute atomic E-state index is 0.102.